The van der Waals surface area contributed by atoms with Crippen molar-refractivity contribution >= 4 is 27.2 Å². The minimum Gasteiger partial charge on any atom is -0.229 e. The van der Waals surface area contributed by atoms with Crippen molar-refractivity contribution in [2.75, 3.05) is 6.26 Å². The fraction of sp³-hybridized carbons (Fsp3) is 0.875. The van der Waals surface area contributed by atoms with Gasteiger partial charge in [-0.2, -0.15) is 0 Å². The maximum Gasteiger partial charge on any atom is 0.150 e. The second kappa shape index (κ2) is 4.31. The number of nitrogens with zero attached hydrogens (tertiary/aromatic N) is 1. The standard InChI is InChI=1S/C8H13NO2S2/c1-13(10,11)8-4-2-7(3-5-8)9-6-12/h7-8H,2-5H2,1H3/t7-,8+. The Balaban J connectivity index is 2.53. The van der Waals surface area contributed by atoms with Gasteiger partial charge >= 0.3 is 0 Å². The fourth-order valence-electron chi connectivity index (χ4n) is 1.68. The Morgan fingerprint density at radius 1 is 1.31 bits per heavy atom. The fourth-order valence-corrected chi connectivity index (χ4v) is 2.95. The summed E-state index contributed by atoms with van der Waals surface area (Å²) in [6.45, 7) is 0. The number of thiocarbonyl (C=S) groups is 1. The molecular weight excluding hydrogens is 206 g/mol. The first-order valence-corrected chi connectivity index (χ1v) is 6.66. The highest BCUT2D eigenvalue weighted by Crippen LogP contribution is 2.25. The SMILES string of the molecule is CS(=O)(=O)[C@H]1CC[C@@H](N=C=S)CC1. The topological polar surface area (TPSA) is 46.5 Å². The van der Waals surface area contributed by atoms with Crippen molar-refractivity contribution in [3.8, 4) is 0 Å². The van der Waals surface area contributed by atoms with Gasteiger partial charge in [-0.3, -0.25) is 0 Å². The van der Waals surface area contributed by atoms with Crippen LogP contribution in [0.15, 0.2) is 4.99 Å². The van der Waals surface area contributed by atoms with Crippen LogP contribution in [-0.2, 0) is 9.84 Å². The maximum absolute atomic E-state index is 11.2. The van der Waals surface area contributed by atoms with E-state index in [2.05, 4.69) is 22.4 Å². The molecule has 74 valence electrons. The molecule has 0 aromatic rings. The van der Waals surface area contributed by atoms with Crippen LogP contribution >= 0.6 is 12.2 Å². The van der Waals surface area contributed by atoms with Crippen molar-refractivity contribution in [1.29, 1.82) is 0 Å². The zero-order valence-corrected chi connectivity index (χ0v) is 9.20. The lowest BCUT2D eigenvalue weighted by atomic mass is 9.96. The number of hydrogen-bond donors (Lipinski definition) is 0. The van der Waals surface area contributed by atoms with Crippen LogP contribution in [0.4, 0.5) is 0 Å². The molecule has 0 atom stereocenters. The van der Waals surface area contributed by atoms with E-state index < -0.39 is 9.84 Å². The van der Waals surface area contributed by atoms with Gasteiger partial charge in [0.25, 0.3) is 0 Å². The molecule has 0 aromatic heterocycles. The smallest absolute Gasteiger partial charge is 0.150 e. The second-order valence-electron chi connectivity index (χ2n) is 3.48. The van der Waals surface area contributed by atoms with Crippen LogP contribution in [0.2, 0.25) is 0 Å². The lowest BCUT2D eigenvalue weighted by Crippen LogP contribution is -2.27. The van der Waals surface area contributed by atoms with Gasteiger partial charge in [0.05, 0.1) is 16.5 Å². The summed E-state index contributed by atoms with van der Waals surface area (Å²) in [6, 6.07) is 0.204. The Morgan fingerprint density at radius 3 is 2.23 bits per heavy atom. The van der Waals surface area contributed by atoms with Crippen LogP contribution < -0.4 is 0 Å². The quantitative estimate of drug-likeness (QED) is 0.521. The van der Waals surface area contributed by atoms with E-state index in [9.17, 15) is 8.42 Å². The molecule has 3 nitrogen and oxygen atoms in total. The molecule has 1 saturated carbocycles. The summed E-state index contributed by atoms with van der Waals surface area (Å²) in [5, 5.41) is 2.19. The summed E-state index contributed by atoms with van der Waals surface area (Å²) < 4.78 is 22.4. The molecule has 13 heavy (non-hydrogen) atoms. The average Bonchev–Trinajstić information content (AvgIpc) is 2.04. The number of rotatable bonds is 2. The summed E-state index contributed by atoms with van der Waals surface area (Å²) in [4.78, 5) is 3.97. The van der Waals surface area contributed by atoms with Crippen molar-refractivity contribution in [2.24, 2.45) is 4.99 Å². The van der Waals surface area contributed by atoms with Gasteiger partial charge in [0, 0.05) is 6.26 Å². The number of aliphatic imine (C=N–C) groups is 1. The summed E-state index contributed by atoms with van der Waals surface area (Å²) in [6.07, 6.45) is 4.37. The van der Waals surface area contributed by atoms with E-state index in [4.69, 9.17) is 0 Å². The van der Waals surface area contributed by atoms with Gasteiger partial charge in [-0.05, 0) is 37.9 Å². The first-order chi connectivity index (χ1) is 6.04. The van der Waals surface area contributed by atoms with Gasteiger partial charge in [0.2, 0.25) is 0 Å². The van der Waals surface area contributed by atoms with Gasteiger partial charge < -0.3 is 0 Å². The molecule has 5 heteroatoms. The Bertz CT molecular complexity index is 309. The molecule has 0 radical (unpaired) electrons. The van der Waals surface area contributed by atoms with E-state index in [0.29, 0.717) is 12.8 Å². The van der Waals surface area contributed by atoms with Crippen LogP contribution in [-0.4, -0.2) is 31.1 Å². The molecule has 0 aromatic carbocycles. The van der Waals surface area contributed by atoms with Crippen molar-refractivity contribution in [3.05, 3.63) is 0 Å². The highest BCUT2D eigenvalue weighted by atomic mass is 32.2. The third-order valence-electron chi connectivity index (χ3n) is 2.48. The van der Waals surface area contributed by atoms with Gasteiger partial charge in [0.15, 0.2) is 0 Å². The predicted molar refractivity (Wildman–Crippen MR) is 55.9 cm³/mol. The van der Waals surface area contributed by atoms with E-state index in [1.54, 1.807) is 0 Å². The monoisotopic (exact) mass is 219 g/mol. The van der Waals surface area contributed by atoms with E-state index in [0.717, 1.165) is 12.8 Å². The molecule has 0 N–H and O–H groups in total. The minimum atomic E-state index is -2.85. The van der Waals surface area contributed by atoms with Crippen LogP contribution in [0.25, 0.3) is 0 Å². The summed E-state index contributed by atoms with van der Waals surface area (Å²) in [7, 11) is -2.85. The van der Waals surface area contributed by atoms with E-state index in [1.165, 1.54) is 6.26 Å². The van der Waals surface area contributed by atoms with E-state index in [1.807, 2.05) is 0 Å². The second-order valence-corrected chi connectivity index (χ2v) is 5.99. The Hall–Kier alpha value is -0.250. The molecule has 0 bridgehead atoms. The van der Waals surface area contributed by atoms with Gasteiger partial charge in [-0.1, -0.05) is 0 Å². The largest absolute Gasteiger partial charge is 0.229 e. The van der Waals surface area contributed by atoms with E-state index >= 15 is 0 Å². The molecule has 1 aliphatic rings. The number of isothiocyanates is 1. The van der Waals surface area contributed by atoms with Gasteiger partial charge in [0.1, 0.15) is 9.84 Å². The molecule has 0 heterocycles. The molecule has 1 rings (SSSR count). The number of hydrogen-bond acceptors (Lipinski definition) is 4. The van der Waals surface area contributed by atoms with Crippen LogP contribution in [0, 0.1) is 0 Å². The average molecular weight is 219 g/mol. The zero-order chi connectivity index (χ0) is 9.90. The zero-order valence-electron chi connectivity index (χ0n) is 7.56. The molecule has 1 fully saturated rings. The van der Waals surface area contributed by atoms with Crippen LogP contribution in [0.5, 0.6) is 0 Å². The van der Waals surface area contributed by atoms with Gasteiger partial charge in [-0.15, -0.1) is 0 Å². The normalized spacial score (nSPS) is 29.3. The van der Waals surface area contributed by atoms with E-state index in [-0.39, 0.29) is 11.3 Å². The van der Waals surface area contributed by atoms with Crippen molar-refractivity contribution in [3.63, 3.8) is 0 Å². The molecular formula is C8H13NO2S2. The predicted octanol–water partition coefficient (Wildman–Crippen LogP) is 1.45. The maximum atomic E-state index is 11.2. The summed E-state index contributed by atoms with van der Waals surface area (Å²) in [5.74, 6) is 0. The van der Waals surface area contributed by atoms with Crippen molar-refractivity contribution < 1.29 is 8.42 Å². The van der Waals surface area contributed by atoms with Crippen LogP contribution in [0.1, 0.15) is 25.7 Å². The minimum absolute atomic E-state index is 0.163. The highest BCUT2D eigenvalue weighted by Gasteiger charge is 2.27. The molecule has 0 saturated heterocycles. The molecule has 0 amide bonds. The van der Waals surface area contributed by atoms with Crippen LogP contribution in [0.3, 0.4) is 0 Å². The summed E-state index contributed by atoms with van der Waals surface area (Å²) in [5.41, 5.74) is 0. The molecule has 0 unspecified atom stereocenters. The lowest BCUT2D eigenvalue weighted by Gasteiger charge is -2.23. The van der Waals surface area contributed by atoms with Crippen molar-refractivity contribution in [1.82, 2.24) is 0 Å². The highest BCUT2D eigenvalue weighted by molar-refractivity contribution is 7.91. The Morgan fingerprint density at radius 2 is 1.85 bits per heavy atom. The number of sulfone groups is 1. The summed E-state index contributed by atoms with van der Waals surface area (Å²) >= 11 is 4.50. The molecule has 1 aliphatic carbocycles. The first kappa shape index (κ1) is 10.8. The third kappa shape index (κ3) is 3.18. The van der Waals surface area contributed by atoms with Crippen molar-refractivity contribution in [2.45, 2.75) is 37.0 Å². The lowest BCUT2D eigenvalue weighted by molar-refractivity contribution is 0.438. The Kier molecular flexibility index (Phi) is 3.59. The molecule has 0 spiro atoms. The Labute approximate surface area is 84.2 Å². The third-order valence-corrected chi connectivity index (χ3v) is 4.27. The molecule has 0 aliphatic heterocycles. The van der Waals surface area contributed by atoms with Gasteiger partial charge in [-0.25, -0.2) is 13.4 Å². The first-order valence-electron chi connectivity index (χ1n) is 4.30.